The molecule has 2 atom stereocenters. The Bertz CT molecular complexity index is 675. The van der Waals surface area contributed by atoms with Gasteiger partial charge in [-0.3, -0.25) is 4.90 Å². The van der Waals surface area contributed by atoms with Crippen molar-refractivity contribution in [3.63, 3.8) is 0 Å². The van der Waals surface area contributed by atoms with Gasteiger partial charge in [0.1, 0.15) is 5.75 Å². The van der Waals surface area contributed by atoms with Gasteiger partial charge in [-0.2, -0.15) is 0 Å². The molecule has 0 bridgehead atoms. The second-order valence-corrected chi connectivity index (χ2v) is 6.40. The number of rotatable bonds is 5. The molecule has 0 saturated carbocycles. The molecule has 2 unspecified atom stereocenters. The van der Waals surface area contributed by atoms with E-state index in [4.69, 9.17) is 4.74 Å². The molecule has 128 valence electrons. The highest BCUT2D eigenvalue weighted by Gasteiger charge is 2.32. The van der Waals surface area contributed by atoms with E-state index in [1.807, 2.05) is 49.6 Å². The molecular weight excluding hydrogens is 304 g/mol. The van der Waals surface area contributed by atoms with E-state index in [2.05, 4.69) is 20.9 Å². The summed E-state index contributed by atoms with van der Waals surface area (Å²) in [5.41, 5.74) is 2.21. The van der Waals surface area contributed by atoms with E-state index in [1.54, 1.807) is 7.11 Å². The van der Waals surface area contributed by atoms with Crippen molar-refractivity contribution in [1.82, 2.24) is 14.9 Å². The minimum absolute atomic E-state index is 0.170. The summed E-state index contributed by atoms with van der Waals surface area (Å²) in [6.07, 6.45) is 4.12. The van der Waals surface area contributed by atoms with Crippen LogP contribution >= 0.6 is 0 Å². The Kier molecular flexibility index (Phi) is 4.97. The number of aliphatic hydroxyl groups excluding tert-OH is 1. The summed E-state index contributed by atoms with van der Waals surface area (Å²) in [7, 11) is 5.51. The molecule has 1 aromatic carbocycles. The van der Waals surface area contributed by atoms with Gasteiger partial charge in [-0.1, -0.05) is 12.1 Å². The van der Waals surface area contributed by atoms with Gasteiger partial charge in [0.2, 0.25) is 5.95 Å². The number of β-amino-alcohol motifs (C(OH)–C–C–N with tert-alkyl or cyclic N) is 1. The number of ether oxygens (including phenoxy) is 1. The third kappa shape index (κ3) is 3.66. The molecule has 2 heterocycles. The SMILES string of the molecule is COc1cccc(C2CC(O)CN2Cc2cnc(N(C)C)nc2)c1. The van der Waals surface area contributed by atoms with Crippen LogP contribution in [0.4, 0.5) is 5.95 Å². The molecule has 0 spiro atoms. The van der Waals surface area contributed by atoms with Crippen LogP contribution in [0.25, 0.3) is 0 Å². The van der Waals surface area contributed by atoms with Crippen LogP contribution in [0.2, 0.25) is 0 Å². The zero-order valence-corrected chi connectivity index (χ0v) is 14.4. The summed E-state index contributed by atoms with van der Waals surface area (Å²) in [5, 5.41) is 10.1. The van der Waals surface area contributed by atoms with Crippen molar-refractivity contribution in [2.24, 2.45) is 0 Å². The lowest BCUT2D eigenvalue weighted by atomic mass is 10.0. The van der Waals surface area contributed by atoms with Gasteiger partial charge in [-0.05, 0) is 24.1 Å². The van der Waals surface area contributed by atoms with Gasteiger partial charge >= 0.3 is 0 Å². The first-order valence-corrected chi connectivity index (χ1v) is 8.11. The number of anilines is 1. The first kappa shape index (κ1) is 16.7. The lowest BCUT2D eigenvalue weighted by molar-refractivity contribution is 0.172. The van der Waals surface area contributed by atoms with Gasteiger partial charge in [0.25, 0.3) is 0 Å². The predicted molar refractivity (Wildman–Crippen MR) is 93.1 cm³/mol. The number of nitrogens with zero attached hydrogens (tertiary/aromatic N) is 4. The number of hydrogen-bond acceptors (Lipinski definition) is 6. The average molecular weight is 328 g/mol. The Balaban J connectivity index is 1.77. The summed E-state index contributed by atoms with van der Waals surface area (Å²) < 4.78 is 5.32. The van der Waals surface area contributed by atoms with Gasteiger partial charge in [-0.15, -0.1) is 0 Å². The fraction of sp³-hybridized carbons (Fsp3) is 0.444. The van der Waals surface area contributed by atoms with Gasteiger partial charge in [0, 0.05) is 51.2 Å². The minimum Gasteiger partial charge on any atom is -0.497 e. The number of benzene rings is 1. The monoisotopic (exact) mass is 328 g/mol. The topological polar surface area (TPSA) is 61.7 Å². The Morgan fingerprint density at radius 3 is 2.71 bits per heavy atom. The van der Waals surface area contributed by atoms with Crippen molar-refractivity contribution in [3.8, 4) is 5.75 Å². The highest BCUT2D eigenvalue weighted by molar-refractivity contribution is 5.32. The second-order valence-electron chi connectivity index (χ2n) is 6.40. The molecule has 1 fully saturated rings. The lowest BCUT2D eigenvalue weighted by Crippen LogP contribution is -2.24. The van der Waals surface area contributed by atoms with Crippen LogP contribution in [0.5, 0.6) is 5.75 Å². The Morgan fingerprint density at radius 1 is 1.29 bits per heavy atom. The third-order valence-electron chi connectivity index (χ3n) is 4.34. The maximum Gasteiger partial charge on any atom is 0.224 e. The van der Waals surface area contributed by atoms with Crippen LogP contribution in [0, 0.1) is 0 Å². The first-order chi connectivity index (χ1) is 11.6. The predicted octanol–water partition coefficient (Wildman–Crippen LogP) is 1.86. The standard InChI is InChI=1S/C18H24N4O2/c1-21(2)18-19-9-13(10-20-18)11-22-12-15(23)8-17(22)14-5-4-6-16(7-14)24-3/h4-7,9-10,15,17,23H,8,11-12H2,1-3H3. The van der Waals surface area contributed by atoms with Gasteiger partial charge in [0.15, 0.2) is 0 Å². The fourth-order valence-electron chi connectivity index (χ4n) is 3.14. The normalized spacial score (nSPS) is 21.0. The van der Waals surface area contributed by atoms with Crippen LogP contribution in [0.1, 0.15) is 23.6 Å². The largest absolute Gasteiger partial charge is 0.497 e. The van der Waals surface area contributed by atoms with Gasteiger partial charge in [-0.25, -0.2) is 9.97 Å². The van der Waals surface area contributed by atoms with Crippen LogP contribution in [-0.4, -0.2) is 53.8 Å². The van der Waals surface area contributed by atoms with Crippen molar-refractivity contribution in [2.45, 2.75) is 25.1 Å². The maximum atomic E-state index is 10.1. The molecule has 0 aliphatic carbocycles. The summed E-state index contributed by atoms with van der Waals surface area (Å²) in [5.74, 6) is 1.54. The summed E-state index contributed by atoms with van der Waals surface area (Å²) in [6, 6.07) is 8.23. The first-order valence-electron chi connectivity index (χ1n) is 8.11. The van der Waals surface area contributed by atoms with Crippen molar-refractivity contribution in [3.05, 3.63) is 47.8 Å². The van der Waals surface area contributed by atoms with E-state index < -0.39 is 0 Å². The van der Waals surface area contributed by atoms with Gasteiger partial charge in [0.05, 0.1) is 13.2 Å². The molecule has 0 amide bonds. The number of aromatic nitrogens is 2. The van der Waals surface area contributed by atoms with E-state index in [0.29, 0.717) is 19.0 Å². The van der Waals surface area contributed by atoms with E-state index in [0.717, 1.165) is 23.3 Å². The Hall–Kier alpha value is -2.18. The molecule has 1 saturated heterocycles. The number of likely N-dealkylation sites (tertiary alicyclic amines) is 1. The molecule has 0 radical (unpaired) electrons. The quantitative estimate of drug-likeness (QED) is 0.904. The lowest BCUT2D eigenvalue weighted by Gasteiger charge is -2.24. The molecule has 24 heavy (non-hydrogen) atoms. The van der Waals surface area contributed by atoms with E-state index in [9.17, 15) is 5.11 Å². The molecule has 2 aromatic rings. The average Bonchev–Trinajstić information content (AvgIpc) is 2.96. The summed E-state index contributed by atoms with van der Waals surface area (Å²) in [4.78, 5) is 12.9. The van der Waals surface area contributed by atoms with Crippen molar-refractivity contribution in [2.75, 3.05) is 32.6 Å². The zero-order valence-electron chi connectivity index (χ0n) is 14.4. The molecule has 6 nitrogen and oxygen atoms in total. The van der Waals surface area contributed by atoms with Crippen LogP contribution in [0.15, 0.2) is 36.7 Å². The maximum absolute atomic E-state index is 10.1. The van der Waals surface area contributed by atoms with Crippen molar-refractivity contribution in [1.29, 1.82) is 0 Å². The molecular formula is C18H24N4O2. The zero-order chi connectivity index (χ0) is 17.1. The van der Waals surface area contributed by atoms with Crippen molar-refractivity contribution >= 4 is 5.95 Å². The highest BCUT2D eigenvalue weighted by atomic mass is 16.5. The van der Waals surface area contributed by atoms with Crippen molar-refractivity contribution < 1.29 is 9.84 Å². The summed E-state index contributed by atoms with van der Waals surface area (Å²) in [6.45, 7) is 1.37. The van der Waals surface area contributed by atoms with E-state index >= 15 is 0 Å². The highest BCUT2D eigenvalue weighted by Crippen LogP contribution is 2.34. The molecule has 1 aliphatic rings. The Morgan fingerprint density at radius 2 is 2.04 bits per heavy atom. The Labute approximate surface area is 142 Å². The van der Waals surface area contributed by atoms with Crippen LogP contribution < -0.4 is 9.64 Å². The summed E-state index contributed by atoms with van der Waals surface area (Å²) >= 11 is 0. The van der Waals surface area contributed by atoms with Crippen LogP contribution in [-0.2, 0) is 6.54 Å². The molecule has 1 aromatic heterocycles. The fourth-order valence-corrected chi connectivity index (χ4v) is 3.14. The second kappa shape index (κ2) is 7.15. The smallest absolute Gasteiger partial charge is 0.224 e. The van der Waals surface area contributed by atoms with E-state index in [-0.39, 0.29) is 12.1 Å². The van der Waals surface area contributed by atoms with E-state index in [1.165, 1.54) is 0 Å². The minimum atomic E-state index is -0.317. The molecule has 1 aliphatic heterocycles. The molecule has 1 N–H and O–H groups in total. The number of hydrogen-bond donors (Lipinski definition) is 1. The molecule has 6 heteroatoms. The van der Waals surface area contributed by atoms with Crippen LogP contribution in [0.3, 0.4) is 0 Å². The molecule has 3 rings (SSSR count). The number of methoxy groups -OCH3 is 1. The number of aliphatic hydroxyl groups is 1. The third-order valence-corrected chi connectivity index (χ3v) is 4.34. The van der Waals surface area contributed by atoms with Gasteiger partial charge < -0.3 is 14.7 Å².